The number of halogens is 1. The first-order valence-corrected chi connectivity index (χ1v) is 6.24. The van der Waals surface area contributed by atoms with Crippen LogP contribution in [0.25, 0.3) is 0 Å². The third kappa shape index (κ3) is 3.16. The van der Waals surface area contributed by atoms with Crippen molar-refractivity contribution in [3.8, 4) is 0 Å². The van der Waals surface area contributed by atoms with Crippen LogP contribution in [-0.2, 0) is 0 Å². The molecule has 0 aromatic heterocycles. The summed E-state index contributed by atoms with van der Waals surface area (Å²) in [5, 5.41) is 0. The maximum absolute atomic E-state index is 13.8. The molecule has 1 aromatic rings. The second kappa shape index (κ2) is 5.96. The van der Waals surface area contributed by atoms with Gasteiger partial charge in [-0.1, -0.05) is 25.2 Å². The van der Waals surface area contributed by atoms with Gasteiger partial charge in [-0.3, -0.25) is 0 Å². The Balaban J connectivity index is 3.27. The van der Waals surface area contributed by atoms with Crippen molar-refractivity contribution in [3.63, 3.8) is 0 Å². The Morgan fingerprint density at radius 3 is 2.59 bits per heavy atom. The Labute approximate surface area is 108 Å². The average molecular weight is 254 g/mol. The van der Waals surface area contributed by atoms with Gasteiger partial charge in [0.1, 0.15) is 10.8 Å². The van der Waals surface area contributed by atoms with Crippen LogP contribution in [0.3, 0.4) is 0 Å². The number of thiocarbonyl (C=S) groups is 1. The lowest BCUT2D eigenvalue weighted by atomic mass is 10.1. The van der Waals surface area contributed by atoms with Gasteiger partial charge in [0.2, 0.25) is 0 Å². The first kappa shape index (κ1) is 13.9. The molecular formula is C13H19FN2S. The third-order valence-corrected chi connectivity index (χ3v) is 2.84. The minimum absolute atomic E-state index is 0.111. The van der Waals surface area contributed by atoms with E-state index in [1.807, 2.05) is 6.07 Å². The van der Waals surface area contributed by atoms with E-state index in [9.17, 15) is 4.39 Å². The van der Waals surface area contributed by atoms with Gasteiger partial charge in [-0.2, -0.15) is 0 Å². The van der Waals surface area contributed by atoms with Crippen LogP contribution in [-0.4, -0.2) is 17.6 Å². The fraction of sp³-hybridized carbons (Fsp3) is 0.462. The molecule has 1 rings (SSSR count). The molecule has 0 spiro atoms. The standard InChI is InChI=1S/C13H19FN2S/c1-4-8-16(9(2)3)11-7-5-6-10(14)12(11)13(15)17/h5-7,9H,4,8H2,1-3H3,(H2,15,17). The summed E-state index contributed by atoms with van der Waals surface area (Å²) in [6.45, 7) is 7.10. The van der Waals surface area contributed by atoms with Crippen molar-refractivity contribution >= 4 is 22.9 Å². The highest BCUT2D eigenvalue weighted by Gasteiger charge is 2.18. The van der Waals surface area contributed by atoms with Gasteiger partial charge in [-0.15, -0.1) is 0 Å². The lowest BCUT2D eigenvalue weighted by Gasteiger charge is -2.30. The topological polar surface area (TPSA) is 29.3 Å². The number of benzene rings is 1. The Morgan fingerprint density at radius 2 is 2.12 bits per heavy atom. The minimum Gasteiger partial charge on any atom is -0.389 e. The van der Waals surface area contributed by atoms with Gasteiger partial charge >= 0.3 is 0 Å². The summed E-state index contributed by atoms with van der Waals surface area (Å²) in [7, 11) is 0. The fourth-order valence-corrected chi connectivity index (χ4v) is 2.10. The highest BCUT2D eigenvalue weighted by molar-refractivity contribution is 7.80. The zero-order valence-corrected chi connectivity index (χ0v) is 11.4. The predicted octanol–water partition coefficient (Wildman–Crippen LogP) is 3.08. The van der Waals surface area contributed by atoms with E-state index in [-0.39, 0.29) is 16.8 Å². The van der Waals surface area contributed by atoms with Crippen molar-refractivity contribution < 1.29 is 4.39 Å². The van der Waals surface area contributed by atoms with E-state index in [2.05, 4.69) is 25.7 Å². The van der Waals surface area contributed by atoms with Crippen LogP contribution >= 0.6 is 12.2 Å². The lowest BCUT2D eigenvalue weighted by Crippen LogP contribution is -2.33. The van der Waals surface area contributed by atoms with Gasteiger partial charge < -0.3 is 10.6 Å². The van der Waals surface area contributed by atoms with Crippen molar-refractivity contribution in [2.45, 2.75) is 33.2 Å². The summed E-state index contributed by atoms with van der Waals surface area (Å²) in [4.78, 5) is 2.23. The van der Waals surface area contributed by atoms with Gasteiger partial charge in [0.15, 0.2) is 0 Å². The van der Waals surface area contributed by atoms with Crippen LogP contribution in [0.2, 0.25) is 0 Å². The van der Waals surface area contributed by atoms with Crippen molar-refractivity contribution in [1.82, 2.24) is 0 Å². The molecule has 0 heterocycles. The molecule has 0 aliphatic rings. The molecule has 0 atom stereocenters. The molecule has 0 unspecified atom stereocenters. The molecule has 0 saturated heterocycles. The molecule has 0 saturated carbocycles. The number of nitrogens with zero attached hydrogens (tertiary/aromatic N) is 1. The fourth-order valence-electron chi connectivity index (χ4n) is 1.89. The van der Waals surface area contributed by atoms with E-state index in [4.69, 9.17) is 18.0 Å². The maximum atomic E-state index is 13.8. The number of nitrogens with two attached hydrogens (primary N) is 1. The molecule has 0 bridgehead atoms. The quantitative estimate of drug-likeness (QED) is 0.819. The highest BCUT2D eigenvalue weighted by atomic mass is 32.1. The van der Waals surface area contributed by atoms with E-state index >= 15 is 0 Å². The lowest BCUT2D eigenvalue weighted by molar-refractivity contribution is 0.618. The maximum Gasteiger partial charge on any atom is 0.135 e. The molecule has 94 valence electrons. The molecule has 0 aliphatic heterocycles. The van der Waals surface area contributed by atoms with Gasteiger partial charge in [0.05, 0.1) is 11.3 Å². The Bertz CT molecular complexity index is 404. The summed E-state index contributed by atoms with van der Waals surface area (Å²) >= 11 is 4.94. The summed E-state index contributed by atoms with van der Waals surface area (Å²) in [5.41, 5.74) is 6.75. The van der Waals surface area contributed by atoms with Crippen LogP contribution in [0.1, 0.15) is 32.8 Å². The molecule has 0 amide bonds. The monoisotopic (exact) mass is 254 g/mol. The van der Waals surface area contributed by atoms with E-state index in [0.29, 0.717) is 5.56 Å². The first-order chi connectivity index (χ1) is 7.99. The SMILES string of the molecule is CCCN(c1cccc(F)c1C(N)=S)C(C)C. The number of hydrogen-bond acceptors (Lipinski definition) is 2. The second-order valence-electron chi connectivity index (χ2n) is 4.29. The van der Waals surface area contributed by atoms with E-state index in [1.165, 1.54) is 6.07 Å². The van der Waals surface area contributed by atoms with Crippen LogP contribution in [0, 0.1) is 5.82 Å². The smallest absolute Gasteiger partial charge is 0.135 e. The minimum atomic E-state index is -0.350. The Morgan fingerprint density at radius 1 is 1.47 bits per heavy atom. The molecular weight excluding hydrogens is 235 g/mol. The van der Waals surface area contributed by atoms with Gasteiger partial charge in [0, 0.05) is 12.6 Å². The predicted molar refractivity (Wildman–Crippen MR) is 75.1 cm³/mol. The van der Waals surface area contributed by atoms with Crippen LogP contribution in [0.5, 0.6) is 0 Å². The van der Waals surface area contributed by atoms with E-state index in [0.717, 1.165) is 18.7 Å². The van der Waals surface area contributed by atoms with Crippen LogP contribution < -0.4 is 10.6 Å². The number of anilines is 1. The molecule has 0 aliphatic carbocycles. The third-order valence-electron chi connectivity index (χ3n) is 2.64. The van der Waals surface area contributed by atoms with Gasteiger partial charge in [-0.05, 0) is 32.4 Å². The van der Waals surface area contributed by atoms with E-state index in [1.54, 1.807) is 6.07 Å². The van der Waals surface area contributed by atoms with Crippen LogP contribution in [0.15, 0.2) is 18.2 Å². The van der Waals surface area contributed by atoms with Gasteiger partial charge in [0.25, 0.3) is 0 Å². The van der Waals surface area contributed by atoms with Crippen molar-refractivity contribution in [2.75, 3.05) is 11.4 Å². The largest absolute Gasteiger partial charge is 0.389 e. The van der Waals surface area contributed by atoms with Crippen molar-refractivity contribution in [2.24, 2.45) is 5.73 Å². The zero-order chi connectivity index (χ0) is 13.0. The molecule has 2 N–H and O–H groups in total. The van der Waals surface area contributed by atoms with E-state index < -0.39 is 0 Å². The highest BCUT2D eigenvalue weighted by Crippen LogP contribution is 2.25. The molecule has 0 radical (unpaired) electrons. The summed E-state index contributed by atoms with van der Waals surface area (Å²) < 4.78 is 13.8. The van der Waals surface area contributed by atoms with Crippen LogP contribution in [0.4, 0.5) is 10.1 Å². The summed E-state index contributed by atoms with van der Waals surface area (Å²) in [6.07, 6.45) is 0.992. The summed E-state index contributed by atoms with van der Waals surface area (Å²) in [6, 6.07) is 5.23. The number of rotatable bonds is 5. The van der Waals surface area contributed by atoms with Crippen molar-refractivity contribution in [1.29, 1.82) is 0 Å². The average Bonchev–Trinajstić information content (AvgIpc) is 2.24. The van der Waals surface area contributed by atoms with Crippen molar-refractivity contribution in [3.05, 3.63) is 29.6 Å². The molecule has 4 heteroatoms. The second-order valence-corrected chi connectivity index (χ2v) is 4.73. The Kier molecular flexibility index (Phi) is 4.87. The zero-order valence-electron chi connectivity index (χ0n) is 10.5. The summed E-state index contributed by atoms with van der Waals surface area (Å²) in [5.74, 6) is -0.350. The molecule has 2 nitrogen and oxygen atoms in total. The molecule has 17 heavy (non-hydrogen) atoms. The molecule has 1 aromatic carbocycles. The van der Waals surface area contributed by atoms with Gasteiger partial charge in [-0.25, -0.2) is 4.39 Å². The normalized spacial score (nSPS) is 10.6. The Hall–Kier alpha value is -1.16. The molecule has 0 fully saturated rings. The number of hydrogen-bond donors (Lipinski definition) is 1. The first-order valence-electron chi connectivity index (χ1n) is 5.84.